The van der Waals surface area contributed by atoms with Gasteiger partial charge in [-0.2, -0.15) is 0 Å². The van der Waals surface area contributed by atoms with Gasteiger partial charge in [0.05, 0.1) is 11.1 Å². The van der Waals surface area contributed by atoms with Gasteiger partial charge in [-0.3, -0.25) is 14.5 Å². The molecule has 0 aromatic heterocycles. The fourth-order valence-electron chi connectivity index (χ4n) is 9.16. The van der Waals surface area contributed by atoms with Gasteiger partial charge in [-0.05, 0) is 70.6 Å². The Balaban J connectivity index is 1.29. The van der Waals surface area contributed by atoms with E-state index in [1.165, 1.54) is 103 Å². The first-order valence-electron chi connectivity index (χ1n) is 23.0. The van der Waals surface area contributed by atoms with Gasteiger partial charge in [-0.15, -0.1) is 0 Å². The highest BCUT2D eigenvalue weighted by Crippen LogP contribution is 2.42. The number of nitrogens with zero attached hydrogens (tertiary/aromatic N) is 2. The Morgan fingerprint density at radius 2 is 1.02 bits per heavy atom. The molecule has 0 saturated heterocycles. The molecule has 4 nitrogen and oxygen atoms in total. The molecule has 4 heteroatoms. The van der Waals surface area contributed by atoms with Crippen molar-refractivity contribution in [2.24, 2.45) is 5.92 Å². The summed E-state index contributed by atoms with van der Waals surface area (Å²) in [5.41, 5.74) is 4.20. The second-order valence-electron chi connectivity index (χ2n) is 17.2. The van der Waals surface area contributed by atoms with Crippen molar-refractivity contribution < 1.29 is 9.59 Å². The highest BCUT2D eigenvalue weighted by molar-refractivity contribution is 6.35. The Morgan fingerprint density at radius 3 is 1.57 bits per heavy atom. The minimum absolute atomic E-state index is 0.156. The smallest absolute Gasteiger partial charge is 0.262 e. The largest absolute Gasteiger partial charge is 0.378 e. The van der Waals surface area contributed by atoms with Gasteiger partial charge in [-0.1, -0.05) is 190 Å². The second kappa shape index (κ2) is 21.9. The lowest BCUT2D eigenvalue weighted by Crippen LogP contribution is -2.43. The Bertz CT molecular complexity index is 2160. The van der Waals surface area contributed by atoms with Crippen molar-refractivity contribution in [3.05, 3.63) is 101 Å². The van der Waals surface area contributed by atoms with Crippen LogP contribution in [0.4, 0.5) is 5.69 Å². The maximum atomic E-state index is 15.0. The molecule has 5 aromatic carbocycles. The third-order valence-corrected chi connectivity index (χ3v) is 12.5. The number of carbonyl (C=O) groups excluding carboxylic acids is 2. The lowest BCUT2D eigenvalue weighted by molar-refractivity contribution is 0.0580. The summed E-state index contributed by atoms with van der Waals surface area (Å²) >= 11 is 0. The second-order valence-corrected chi connectivity index (χ2v) is 17.2. The molecule has 1 aliphatic heterocycles. The third kappa shape index (κ3) is 10.7. The first kappa shape index (κ1) is 43.0. The molecule has 1 heterocycles. The molecule has 0 saturated carbocycles. The summed E-state index contributed by atoms with van der Waals surface area (Å²) in [6, 6.07) is 26.8. The van der Waals surface area contributed by atoms with Gasteiger partial charge >= 0.3 is 0 Å². The third-order valence-electron chi connectivity index (χ3n) is 12.5. The number of hydrogen-bond acceptors (Lipinski definition) is 3. The van der Waals surface area contributed by atoms with Crippen LogP contribution in [0.1, 0.15) is 174 Å². The minimum atomic E-state index is -0.156. The SMILES string of the molecule is CCCCCCCCCCCCC(CCCCCCCCCC)CN1C(=O)c2c3ccccc3cc3c(C#Cc4ccc(N(C)C)cc4)c4ccccc4c(c23)C1=O. The summed E-state index contributed by atoms with van der Waals surface area (Å²) in [6.07, 6.45) is 25.4. The topological polar surface area (TPSA) is 40.6 Å². The molecule has 1 unspecified atom stereocenters. The normalized spacial score (nSPS) is 13.1. The lowest BCUT2D eigenvalue weighted by atomic mass is 9.83. The van der Waals surface area contributed by atoms with Gasteiger partial charge in [0.15, 0.2) is 0 Å². The highest BCUT2D eigenvalue weighted by atomic mass is 16.2. The lowest BCUT2D eigenvalue weighted by Gasteiger charge is -2.32. The van der Waals surface area contributed by atoms with Crippen LogP contribution in [0.25, 0.3) is 32.3 Å². The maximum Gasteiger partial charge on any atom is 0.262 e. The average molecular weight is 777 g/mol. The van der Waals surface area contributed by atoms with E-state index in [0.717, 1.165) is 74.8 Å². The molecule has 0 bridgehead atoms. The maximum absolute atomic E-state index is 15.0. The van der Waals surface area contributed by atoms with Crippen molar-refractivity contribution in [1.29, 1.82) is 0 Å². The van der Waals surface area contributed by atoms with Gasteiger partial charge in [0.2, 0.25) is 0 Å². The van der Waals surface area contributed by atoms with Crippen molar-refractivity contribution in [2.75, 3.05) is 25.5 Å². The molecule has 1 aliphatic rings. The molecule has 2 amide bonds. The van der Waals surface area contributed by atoms with Crippen LogP contribution in [0.5, 0.6) is 0 Å². The standard InChI is InChI=1S/C54H68N2O2/c1-5-7-9-11-13-15-16-18-20-22-28-42(27-21-19-17-14-12-10-8-6-2)40-56-53(57)51-45-30-24-23-29-43(45)39-49-47(38-35-41-33-36-44(37-34-41)55(3)4)46-31-25-26-32-48(46)52(50(49)51)54(56)58/h23-26,29-34,36-37,39,42H,5-22,27-28,40H2,1-4H3. The van der Waals surface area contributed by atoms with Crippen molar-refractivity contribution in [1.82, 2.24) is 4.90 Å². The molecule has 0 radical (unpaired) electrons. The van der Waals surface area contributed by atoms with Crippen LogP contribution in [0, 0.1) is 17.8 Å². The highest BCUT2D eigenvalue weighted by Gasteiger charge is 2.37. The molecule has 1 atom stereocenters. The van der Waals surface area contributed by atoms with E-state index in [9.17, 15) is 9.59 Å². The van der Waals surface area contributed by atoms with E-state index < -0.39 is 0 Å². The summed E-state index contributed by atoms with van der Waals surface area (Å²) in [5, 5.41) is 5.35. The number of unbranched alkanes of at least 4 members (excludes halogenated alkanes) is 16. The zero-order valence-electron chi connectivity index (χ0n) is 36.1. The number of hydrogen-bond donors (Lipinski definition) is 0. The number of imide groups is 1. The van der Waals surface area contributed by atoms with Gasteiger partial charge in [0.25, 0.3) is 11.8 Å². The summed E-state index contributed by atoms with van der Waals surface area (Å²) < 4.78 is 0. The van der Waals surface area contributed by atoms with E-state index in [4.69, 9.17) is 0 Å². The van der Waals surface area contributed by atoms with Gasteiger partial charge in [0.1, 0.15) is 0 Å². The predicted molar refractivity (Wildman–Crippen MR) is 248 cm³/mol. The van der Waals surface area contributed by atoms with Crippen LogP contribution in [-0.4, -0.2) is 37.4 Å². The molecular weight excluding hydrogens is 709 g/mol. The zero-order valence-corrected chi connectivity index (χ0v) is 36.1. The van der Waals surface area contributed by atoms with Gasteiger partial charge in [0, 0.05) is 48.2 Å². The van der Waals surface area contributed by atoms with Crippen LogP contribution in [0.3, 0.4) is 0 Å². The van der Waals surface area contributed by atoms with Crippen molar-refractivity contribution in [3.63, 3.8) is 0 Å². The van der Waals surface area contributed by atoms with E-state index in [1.54, 1.807) is 4.90 Å². The molecular formula is C54H68N2O2. The van der Waals surface area contributed by atoms with Gasteiger partial charge in [-0.25, -0.2) is 0 Å². The van der Waals surface area contributed by atoms with E-state index in [0.29, 0.717) is 23.6 Å². The minimum Gasteiger partial charge on any atom is -0.378 e. The number of carbonyl (C=O) groups is 2. The summed E-state index contributed by atoms with van der Waals surface area (Å²) in [4.78, 5) is 33.7. The van der Waals surface area contributed by atoms with Crippen LogP contribution in [-0.2, 0) is 0 Å². The number of rotatable bonds is 23. The monoisotopic (exact) mass is 777 g/mol. The van der Waals surface area contributed by atoms with E-state index in [-0.39, 0.29) is 11.8 Å². The Kier molecular flexibility index (Phi) is 16.3. The molecule has 58 heavy (non-hydrogen) atoms. The zero-order chi connectivity index (χ0) is 40.7. The Hall–Kier alpha value is -4.62. The molecule has 0 aliphatic carbocycles. The van der Waals surface area contributed by atoms with Crippen LogP contribution >= 0.6 is 0 Å². The summed E-state index contributed by atoms with van der Waals surface area (Å²) in [5.74, 6) is 6.95. The van der Waals surface area contributed by atoms with E-state index in [1.807, 2.05) is 44.4 Å². The average Bonchev–Trinajstić information content (AvgIpc) is 3.24. The van der Waals surface area contributed by atoms with Crippen molar-refractivity contribution in [3.8, 4) is 11.8 Å². The van der Waals surface area contributed by atoms with Crippen LogP contribution < -0.4 is 4.90 Å². The predicted octanol–water partition coefficient (Wildman–Crippen LogP) is 14.7. The Morgan fingerprint density at radius 1 is 0.534 bits per heavy atom. The summed E-state index contributed by atoms with van der Waals surface area (Å²) in [6.45, 7) is 5.03. The number of benzene rings is 5. The van der Waals surface area contributed by atoms with Crippen molar-refractivity contribution >= 4 is 49.8 Å². The van der Waals surface area contributed by atoms with Crippen LogP contribution in [0.15, 0.2) is 78.9 Å². The first-order chi connectivity index (χ1) is 28.4. The van der Waals surface area contributed by atoms with Crippen LogP contribution in [0.2, 0.25) is 0 Å². The van der Waals surface area contributed by atoms with Gasteiger partial charge < -0.3 is 4.90 Å². The molecule has 5 aromatic rings. The molecule has 306 valence electrons. The number of anilines is 1. The molecule has 6 rings (SSSR count). The number of fused-ring (bicyclic) bond motifs is 4. The van der Waals surface area contributed by atoms with Crippen molar-refractivity contribution in [2.45, 2.75) is 142 Å². The quantitative estimate of drug-likeness (QED) is 0.0287. The fraction of sp³-hybridized carbons (Fsp3) is 0.481. The molecule has 0 spiro atoms. The number of amides is 2. The fourth-order valence-corrected chi connectivity index (χ4v) is 9.16. The Labute approximate surface area is 349 Å². The molecule has 0 fully saturated rings. The first-order valence-corrected chi connectivity index (χ1v) is 23.0. The summed E-state index contributed by atoms with van der Waals surface area (Å²) in [7, 11) is 4.07. The molecule has 0 N–H and O–H groups in total. The van der Waals surface area contributed by atoms with E-state index >= 15 is 0 Å². The van der Waals surface area contributed by atoms with E-state index in [2.05, 4.69) is 79.1 Å².